The lowest BCUT2D eigenvalue weighted by Gasteiger charge is -2.18. The topological polar surface area (TPSA) is 32.3 Å². The van der Waals surface area contributed by atoms with Gasteiger partial charge in [-0.1, -0.05) is 12.1 Å². The predicted octanol–water partition coefficient (Wildman–Crippen LogP) is 3.60. The summed E-state index contributed by atoms with van der Waals surface area (Å²) in [5.74, 6) is 0.975. The molecule has 0 aliphatic rings. The van der Waals surface area contributed by atoms with Crippen LogP contribution in [0.3, 0.4) is 0 Å². The molecule has 0 fully saturated rings. The van der Waals surface area contributed by atoms with Gasteiger partial charge in [-0.2, -0.15) is 24.9 Å². The molecule has 1 aromatic carbocycles. The van der Waals surface area contributed by atoms with Gasteiger partial charge in [0.2, 0.25) is 0 Å². The fourth-order valence-electron chi connectivity index (χ4n) is 1.69. The number of carbonyl (C=O) groups excluding carboxylic acids is 1. The van der Waals surface area contributed by atoms with E-state index in [0.29, 0.717) is 12.1 Å². The van der Waals surface area contributed by atoms with E-state index in [1.165, 1.54) is 17.0 Å². The number of alkyl halides is 3. The summed E-state index contributed by atoms with van der Waals surface area (Å²) in [6, 6.07) is 4.61. The van der Waals surface area contributed by atoms with Crippen molar-refractivity contribution in [3.05, 3.63) is 35.4 Å². The predicted molar refractivity (Wildman–Crippen MR) is 79.3 cm³/mol. The van der Waals surface area contributed by atoms with E-state index in [4.69, 9.17) is 0 Å². The fraction of sp³-hybridized carbons (Fsp3) is 0.500. The van der Waals surface area contributed by atoms with Crippen LogP contribution in [-0.2, 0) is 12.7 Å². The first kappa shape index (κ1) is 17.7. The van der Waals surface area contributed by atoms with Crippen molar-refractivity contribution in [1.82, 2.24) is 10.2 Å². The summed E-state index contributed by atoms with van der Waals surface area (Å²) in [5, 5.41) is 2.77. The van der Waals surface area contributed by atoms with Crippen LogP contribution < -0.4 is 5.32 Å². The molecule has 0 saturated carbocycles. The summed E-state index contributed by atoms with van der Waals surface area (Å²) in [5.41, 5.74) is -0.0276. The van der Waals surface area contributed by atoms with Crippen LogP contribution in [0, 0.1) is 0 Å². The third-order valence-electron chi connectivity index (χ3n) is 2.85. The lowest BCUT2D eigenvalue weighted by Crippen LogP contribution is -2.37. The van der Waals surface area contributed by atoms with E-state index >= 15 is 0 Å². The fourth-order valence-corrected chi connectivity index (χ4v) is 2.12. The summed E-state index contributed by atoms with van der Waals surface area (Å²) in [6.45, 7) is 0.865. The molecule has 0 bridgehead atoms. The van der Waals surface area contributed by atoms with Gasteiger partial charge in [-0.3, -0.25) is 0 Å². The van der Waals surface area contributed by atoms with Crippen molar-refractivity contribution in [2.24, 2.45) is 0 Å². The highest BCUT2D eigenvalue weighted by atomic mass is 32.2. The normalized spacial score (nSPS) is 11.3. The van der Waals surface area contributed by atoms with Crippen molar-refractivity contribution in [3.8, 4) is 0 Å². The highest BCUT2D eigenvalue weighted by molar-refractivity contribution is 7.98. The number of thioether (sulfide) groups is 1. The number of nitrogens with zero attached hydrogens (tertiary/aromatic N) is 1. The van der Waals surface area contributed by atoms with Gasteiger partial charge in [-0.15, -0.1) is 0 Å². The number of carbonyl (C=O) groups is 1. The Labute approximate surface area is 126 Å². The summed E-state index contributed by atoms with van der Waals surface area (Å²) in [6.07, 6.45) is -1.45. The third kappa shape index (κ3) is 6.29. The van der Waals surface area contributed by atoms with E-state index in [-0.39, 0.29) is 12.6 Å². The quantitative estimate of drug-likeness (QED) is 0.812. The third-order valence-corrected chi connectivity index (χ3v) is 3.55. The second kappa shape index (κ2) is 8.17. The molecule has 7 heteroatoms. The molecule has 2 amide bonds. The zero-order chi connectivity index (χ0) is 15.9. The van der Waals surface area contributed by atoms with E-state index in [1.807, 2.05) is 6.26 Å². The molecule has 0 atom stereocenters. The van der Waals surface area contributed by atoms with Gasteiger partial charge in [0.25, 0.3) is 0 Å². The Morgan fingerprint density at radius 1 is 1.29 bits per heavy atom. The minimum absolute atomic E-state index is 0.226. The first-order valence-corrected chi connectivity index (χ1v) is 7.88. The van der Waals surface area contributed by atoms with Crippen molar-refractivity contribution in [2.45, 2.75) is 19.1 Å². The van der Waals surface area contributed by atoms with E-state index in [0.717, 1.165) is 24.3 Å². The molecular weight excluding hydrogens is 301 g/mol. The SMILES string of the molecule is CSCCCNC(=O)N(C)Cc1ccc(C(F)(F)F)cc1. The first-order valence-electron chi connectivity index (χ1n) is 6.48. The van der Waals surface area contributed by atoms with Crippen LogP contribution in [0.2, 0.25) is 0 Å². The van der Waals surface area contributed by atoms with Crippen molar-refractivity contribution in [2.75, 3.05) is 25.6 Å². The Bertz CT molecular complexity index is 449. The maximum absolute atomic E-state index is 12.4. The minimum atomic E-state index is -4.33. The summed E-state index contributed by atoms with van der Waals surface area (Å²) in [4.78, 5) is 13.2. The number of rotatable bonds is 6. The molecule has 0 aliphatic carbocycles. The van der Waals surface area contributed by atoms with Crippen LogP contribution >= 0.6 is 11.8 Å². The molecule has 0 saturated heterocycles. The molecule has 0 spiro atoms. The van der Waals surface area contributed by atoms with E-state index in [2.05, 4.69) is 5.32 Å². The highest BCUT2D eigenvalue weighted by Crippen LogP contribution is 2.29. The Hall–Kier alpha value is -1.37. The molecule has 118 valence electrons. The number of amides is 2. The molecule has 1 N–H and O–H groups in total. The Morgan fingerprint density at radius 2 is 1.90 bits per heavy atom. The van der Waals surface area contributed by atoms with Gasteiger partial charge in [0.1, 0.15) is 0 Å². The highest BCUT2D eigenvalue weighted by Gasteiger charge is 2.29. The number of hydrogen-bond donors (Lipinski definition) is 1. The second-order valence-corrected chi connectivity index (χ2v) is 5.61. The number of halogens is 3. The zero-order valence-corrected chi connectivity index (χ0v) is 12.9. The largest absolute Gasteiger partial charge is 0.416 e. The van der Waals surface area contributed by atoms with Gasteiger partial charge >= 0.3 is 12.2 Å². The number of nitrogens with one attached hydrogen (secondary N) is 1. The van der Waals surface area contributed by atoms with Gasteiger partial charge < -0.3 is 10.2 Å². The van der Waals surface area contributed by atoms with Crippen LogP contribution in [-0.4, -0.2) is 36.5 Å². The Morgan fingerprint density at radius 3 is 2.43 bits per heavy atom. The molecule has 3 nitrogen and oxygen atoms in total. The molecule has 1 rings (SSSR count). The molecule has 0 aliphatic heterocycles. The number of urea groups is 1. The molecule has 1 aromatic rings. The van der Waals surface area contributed by atoms with E-state index in [9.17, 15) is 18.0 Å². The van der Waals surface area contributed by atoms with Crippen molar-refractivity contribution < 1.29 is 18.0 Å². The van der Waals surface area contributed by atoms with E-state index in [1.54, 1.807) is 18.8 Å². The number of hydrogen-bond acceptors (Lipinski definition) is 2. The van der Waals surface area contributed by atoms with Crippen LogP contribution in [0.5, 0.6) is 0 Å². The van der Waals surface area contributed by atoms with Crippen LogP contribution in [0.4, 0.5) is 18.0 Å². The zero-order valence-electron chi connectivity index (χ0n) is 12.0. The van der Waals surface area contributed by atoms with Gasteiger partial charge in [-0.25, -0.2) is 4.79 Å². The average molecular weight is 320 g/mol. The maximum atomic E-state index is 12.4. The number of benzene rings is 1. The molecular formula is C14H19F3N2OS. The average Bonchev–Trinajstić information content (AvgIpc) is 2.43. The smallest absolute Gasteiger partial charge is 0.338 e. The molecule has 0 radical (unpaired) electrons. The lowest BCUT2D eigenvalue weighted by molar-refractivity contribution is -0.137. The van der Waals surface area contributed by atoms with Crippen LogP contribution in [0.25, 0.3) is 0 Å². The molecule has 21 heavy (non-hydrogen) atoms. The summed E-state index contributed by atoms with van der Waals surface area (Å²) < 4.78 is 37.3. The first-order chi connectivity index (χ1) is 9.84. The maximum Gasteiger partial charge on any atom is 0.416 e. The summed E-state index contributed by atoms with van der Waals surface area (Å²) in [7, 11) is 1.61. The van der Waals surface area contributed by atoms with Gasteiger partial charge in [0.15, 0.2) is 0 Å². The standard InChI is InChI=1S/C14H19F3N2OS/c1-19(13(20)18-8-3-9-21-2)10-11-4-6-12(7-5-11)14(15,16)17/h4-7H,3,8-10H2,1-2H3,(H,18,20). The monoisotopic (exact) mass is 320 g/mol. The Kier molecular flexibility index (Phi) is 6.87. The van der Waals surface area contributed by atoms with Gasteiger partial charge in [0, 0.05) is 20.1 Å². The van der Waals surface area contributed by atoms with Gasteiger partial charge in [0.05, 0.1) is 5.56 Å². The summed E-state index contributed by atoms with van der Waals surface area (Å²) >= 11 is 1.71. The minimum Gasteiger partial charge on any atom is -0.338 e. The van der Waals surface area contributed by atoms with Crippen molar-refractivity contribution in [1.29, 1.82) is 0 Å². The van der Waals surface area contributed by atoms with E-state index < -0.39 is 11.7 Å². The van der Waals surface area contributed by atoms with Crippen LogP contribution in [0.15, 0.2) is 24.3 Å². The van der Waals surface area contributed by atoms with Gasteiger partial charge in [-0.05, 0) is 36.1 Å². The lowest BCUT2D eigenvalue weighted by atomic mass is 10.1. The Balaban J connectivity index is 2.47. The van der Waals surface area contributed by atoms with Crippen molar-refractivity contribution in [3.63, 3.8) is 0 Å². The second-order valence-electron chi connectivity index (χ2n) is 4.63. The molecule has 0 heterocycles. The molecule has 0 unspecified atom stereocenters. The van der Waals surface area contributed by atoms with Crippen LogP contribution in [0.1, 0.15) is 17.5 Å². The van der Waals surface area contributed by atoms with Crippen molar-refractivity contribution >= 4 is 17.8 Å². The molecule has 0 aromatic heterocycles.